The van der Waals surface area contributed by atoms with Crippen LogP contribution in [0.4, 0.5) is 11.4 Å². The third-order valence-electron chi connectivity index (χ3n) is 4.68. The highest BCUT2D eigenvalue weighted by atomic mass is 127. The van der Waals surface area contributed by atoms with Crippen molar-refractivity contribution in [1.29, 1.82) is 0 Å². The van der Waals surface area contributed by atoms with Gasteiger partial charge < -0.3 is 19.7 Å². The maximum atomic E-state index is 13.2. The number of halogens is 1. The minimum Gasteiger partial charge on any atom is -0.497 e. The van der Waals surface area contributed by atoms with Gasteiger partial charge in [-0.3, -0.25) is 19.3 Å². The molecule has 0 aromatic heterocycles. The molecule has 1 heterocycles. The van der Waals surface area contributed by atoms with Crippen LogP contribution in [-0.4, -0.2) is 54.6 Å². The Hall–Kier alpha value is -2.73. The average molecular weight is 553 g/mol. The number of esters is 1. The van der Waals surface area contributed by atoms with Crippen molar-refractivity contribution in [3.63, 3.8) is 0 Å². The van der Waals surface area contributed by atoms with Gasteiger partial charge in [0.1, 0.15) is 18.3 Å². The summed E-state index contributed by atoms with van der Waals surface area (Å²) in [5.41, 5.74) is 1.14. The lowest BCUT2D eigenvalue weighted by Gasteiger charge is -2.22. The number of anilines is 2. The summed E-state index contributed by atoms with van der Waals surface area (Å²) in [5.74, 6) is -0.693. The lowest BCUT2D eigenvalue weighted by Crippen LogP contribution is -2.41. The van der Waals surface area contributed by atoms with Crippen molar-refractivity contribution < 1.29 is 23.9 Å². The lowest BCUT2D eigenvalue weighted by atomic mass is 10.1. The molecule has 0 radical (unpaired) electrons. The van der Waals surface area contributed by atoms with Crippen molar-refractivity contribution in [2.24, 2.45) is 0 Å². The van der Waals surface area contributed by atoms with Gasteiger partial charge in [0.2, 0.25) is 5.91 Å². The number of carbonyl (C=O) groups excluding carboxylic acids is 3. The number of amides is 2. The summed E-state index contributed by atoms with van der Waals surface area (Å²) in [5, 5.41) is 2.91. The molecule has 1 aliphatic heterocycles. The summed E-state index contributed by atoms with van der Waals surface area (Å²) in [7, 11) is 2.80. The molecule has 1 atom stereocenters. The van der Waals surface area contributed by atoms with Gasteiger partial charge >= 0.3 is 5.97 Å². The molecular formula is C21H20IN3O5S. The fraction of sp³-hybridized carbons (Fsp3) is 0.238. The summed E-state index contributed by atoms with van der Waals surface area (Å²) in [4.78, 5) is 40.5. The Bertz CT molecular complexity index is 997. The van der Waals surface area contributed by atoms with Crippen molar-refractivity contribution in [1.82, 2.24) is 4.90 Å². The maximum Gasteiger partial charge on any atom is 0.325 e. The van der Waals surface area contributed by atoms with E-state index in [4.69, 9.17) is 21.7 Å². The summed E-state index contributed by atoms with van der Waals surface area (Å²) >= 11 is 7.65. The summed E-state index contributed by atoms with van der Waals surface area (Å²) in [6.07, 6.45) is -0.172. The van der Waals surface area contributed by atoms with Crippen LogP contribution in [-0.2, 0) is 19.1 Å². The van der Waals surface area contributed by atoms with Gasteiger partial charge in [-0.15, -0.1) is 0 Å². The molecule has 1 fully saturated rings. The number of ether oxygens (including phenoxy) is 2. The molecule has 1 saturated heterocycles. The normalized spacial score (nSPS) is 15.8. The van der Waals surface area contributed by atoms with E-state index < -0.39 is 17.9 Å². The molecule has 2 aromatic carbocycles. The molecule has 0 aliphatic carbocycles. The molecular weight excluding hydrogens is 533 g/mol. The standard InChI is InChI=1S/C21H20IN3O5S/c1-29-16-9-7-15(8-10-16)25-20(28)17(24(21(25)31)12-19(27)30-2)11-18(26)23-14-5-3-13(22)4-6-14/h3-10,17H,11-12H2,1-2H3,(H,23,26). The summed E-state index contributed by atoms with van der Waals surface area (Å²) < 4.78 is 10.9. The minimum atomic E-state index is -0.933. The highest BCUT2D eigenvalue weighted by Crippen LogP contribution is 2.29. The molecule has 31 heavy (non-hydrogen) atoms. The maximum absolute atomic E-state index is 13.2. The van der Waals surface area contributed by atoms with Crippen LogP contribution in [0.5, 0.6) is 5.75 Å². The first kappa shape index (κ1) is 22.9. The van der Waals surface area contributed by atoms with E-state index in [1.165, 1.54) is 16.9 Å². The van der Waals surface area contributed by atoms with E-state index in [2.05, 4.69) is 27.9 Å². The molecule has 3 rings (SSSR count). The number of rotatable bonds is 7. The van der Waals surface area contributed by atoms with E-state index >= 15 is 0 Å². The fourth-order valence-electron chi connectivity index (χ4n) is 3.11. The number of carbonyl (C=O) groups is 3. The fourth-order valence-corrected chi connectivity index (χ4v) is 3.85. The second-order valence-corrected chi connectivity index (χ2v) is 8.24. The van der Waals surface area contributed by atoms with Gasteiger partial charge in [-0.2, -0.15) is 0 Å². The van der Waals surface area contributed by atoms with E-state index in [1.807, 2.05) is 12.1 Å². The van der Waals surface area contributed by atoms with Crippen LogP contribution in [0, 0.1) is 3.57 Å². The number of benzene rings is 2. The van der Waals surface area contributed by atoms with E-state index in [1.54, 1.807) is 43.5 Å². The topological polar surface area (TPSA) is 88.2 Å². The van der Waals surface area contributed by atoms with Crippen molar-refractivity contribution in [3.05, 3.63) is 52.1 Å². The molecule has 0 spiro atoms. The zero-order valence-corrected chi connectivity index (χ0v) is 19.8. The molecule has 1 aliphatic rings. The Morgan fingerprint density at radius 3 is 2.32 bits per heavy atom. The van der Waals surface area contributed by atoms with Gasteiger partial charge in [0.25, 0.3) is 5.91 Å². The van der Waals surface area contributed by atoms with E-state index in [9.17, 15) is 14.4 Å². The van der Waals surface area contributed by atoms with Crippen molar-refractivity contribution >= 4 is 69.1 Å². The predicted molar refractivity (Wildman–Crippen MR) is 128 cm³/mol. The van der Waals surface area contributed by atoms with Crippen LogP contribution < -0.4 is 15.0 Å². The van der Waals surface area contributed by atoms with Crippen LogP contribution in [0.3, 0.4) is 0 Å². The Balaban J connectivity index is 1.83. The molecule has 1 N–H and O–H groups in total. The van der Waals surface area contributed by atoms with Crippen molar-refractivity contribution in [2.45, 2.75) is 12.5 Å². The van der Waals surface area contributed by atoms with Crippen LogP contribution in [0.2, 0.25) is 0 Å². The highest BCUT2D eigenvalue weighted by molar-refractivity contribution is 14.1. The first-order valence-corrected chi connectivity index (χ1v) is 10.7. The zero-order chi connectivity index (χ0) is 22.5. The molecule has 2 aromatic rings. The Morgan fingerprint density at radius 2 is 1.74 bits per heavy atom. The van der Waals surface area contributed by atoms with Crippen LogP contribution in [0.15, 0.2) is 48.5 Å². The first-order chi connectivity index (χ1) is 14.8. The van der Waals surface area contributed by atoms with Crippen LogP contribution >= 0.6 is 34.8 Å². The minimum absolute atomic E-state index is 0.132. The van der Waals surface area contributed by atoms with Gasteiger partial charge in [0.15, 0.2) is 5.11 Å². The SMILES string of the molecule is COC(=O)CN1C(=S)N(c2ccc(OC)cc2)C(=O)C1CC(=O)Nc1ccc(I)cc1. The molecule has 2 amide bonds. The number of nitrogens with one attached hydrogen (secondary N) is 1. The van der Waals surface area contributed by atoms with E-state index in [-0.39, 0.29) is 24.0 Å². The lowest BCUT2D eigenvalue weighted by molar-refractivity contribution is -0.141. The number of thiocarbonyl (C=S) groups is 1. The largest absolute Gasteiger partial charge is 0.497 e. The Kier molecular flexibility index (Phi) is 7.44. The zero-order valence-electron chi connectivity index (χ0n) is 16.8. The summed E-state index contributed by atoms with van der Waals surface area (Å²) in [6.45, 7) is -0.241. The van der Waals surface area contributed by atoms with Gasteiger partial charge in [0, 0.05) is 9.26 Å². The highest BCUT2D eigenvalue weighted by Gasteiger charge is 2.45. The second kappa shape index (κ2) is 10.1. The number of hydrogen-bond donors (Lipinski definition) is 1. The van der Waals surface area contributed by atoms with Crippen LogP contribution in [0.25, 0.3) is 0 Å². The molecule has 8 nitrogen and oxygen atoms in total. The number of hydrogen-bond acceptors (Lipinski definition) is 6. The van der Waals surface area contributed by atoms with Crippen LogP contribution in [0.1, 0.15) is 6.42 Å². The molecule has 10 heteroatoms. The van der Waals surface area contributed by atoms with E-state index in [0.717, 1.165) is 3.57 Å². The average Bonchev–Trinajstić information content (AvgIpc) is 2.99. The quantitative estimate of drug-likeness (QED) is 0.321. The molecule has 0 bridgehead atoms. The Morgan fingerprint density at radius 1 is 1.10 bits per heavy atom. The smallest absolute Gasteiger partial charge is 0.325 e. The van der Waals surface area contributed by atoms with Crippen molar-refractivity contribution in [2.75, 3.05) is 31.0 Å². The second-order valence-electron chi connectivity index (χ2n) is 6.63. The third kappa shape index (κ3) is 5.31. The Labute approximate surface area is 198 Å². The first-order valence-electron chi connectivity index (χ1n) is 9.25. The predicted octanol–water partition coefficient (Wildman–Crippen LogP) is 2.80. The van der Waals surface area contributed by atoms with Gasteiger partial charge in [-0.25, -0.2) is 0 Å². The monoisotopic (exact) mass is 553 g/mol. The van der Waals surface area contributed by atoms with Gasteiger partial charge in [-0.05, 0) is 83.3 Å². The molecule has 0 saturated carbocycles. The molecule has 162 valence electrons. The molecule has 1 unspecified atom stereocenters. The van der Waals surface area contributed by atoms with Gasteiger partial charge in [-0.1, -0.05) is 0 Å². The van der Waals surface area contributed by atoms with E-state index in [0.29, 0.717) is 17.1 Å². The number of methoxy groups -OCH3 is 2. The third-order valence-corrected chi connectivity index (χ3v) is 5.82. The van der Waals surface area contributed by atoms with Crippen molar-refractivity contribution in [3.8, 4) is 5.75 Å². The number of nitrogens with zero attached hydrogens (tertiary/aromatic N) is 2. The summed E-state index contributed by atoms with van der Waals surface area (Å²) in [6, 6.07) is 13.1. The van der Waals surface area contributed by atoms with Gasteiger partial charge in [0.05, 0.1) is 26.3 Å².